The van der Waals surface area contributed by atoms with Crippen LogP contribution >= 0.6 is 8.86 Å². The van der Waals surface area contributed by atoms with E-state index in [-0.39, 0.29) is 0 Å². The van der Waals surface area contributed by atoms with E-state index in [1.165, 1.54) is 0 Å². The lowest BCUT2D eigenvalue weighted by Gasteiger charge is -1.20. The number of hydrogen-bond donors (Lipinski definition) is 0. The lowest BCUT2D eigenvalue weighted by molar-refractivity contribution is 2.68. The van der Waals surface area contributed by atoms with E-state index in [1.807, 2.05) is 0 Å². The summed E-state index contributed by atoms with van der Waals surface area (Å²) >= 11 is 0. The Bertz CT molecular complexity index is 53.4. The zero-order chi connectivity index (χ0) is 3.41. The first-order valence-corrected chi connectivity index (χ1v) is 1.35. The topological polar surface area (TPSA) is 0 Å². The maximum Gasteiger partial charge on any atom is -0.0475 e. The highest BCUT2D eigenvalue weighted by Crippen LogP contribution is 1.36. The van der Waals surface area contributed by atoms with Gasteiger partial charge in [-0.25, -0.2) is 0 Å². The highest BCUT2D eigenvalue weighted by atomic mass is 31.0. The lowest BCUT2D eigenvalue weighted by atomic mass is 11.0. The summed E-state index contributed by atoms with van der Waals surface area (Å²) in [5, 5.41) is 0. The van der Waals surface area contributed by atoms with Crippen molar-refractivity contribution in [2.24, 2.45) is 0 Å². The van der Waals surface area contributed by atoms with E-state index in [0.717, 1.165) is 0 Å². The van der Waals surface area contributed by atoms with Crippen molar-refractivity contribution >= 4 is 14.3 Å². The minimum absolute atomic E-state index is 2.34. The van der Waals surface area contributed by atoms with E-state index < -0.39 is 0 Å². The maximum absolute atomic E-state index is 3.19. The Balaban J connectivity index is 3.95. The monoisotopic (exact) mass is 70.0 g/mol. The van der Waals surface area contributed by atoms with Crippen molar-refractivity contribution in [3.05, 3.63) is 12.3 Å². The molecule has 20 valence electrons. The Hall–Kier alpha value is -0.270. The van der Waals surface area contributed by atoms with E-state index in [1.54, 1.807) is 0 Å². The molecular formula is C3H3P. The SMILES string of the molecule is C=C=C=P. The standard InChI is InChI=1S/C3H3P/c1-2-3-4/h4H,1H2. The Kier molecular flexibility index (Phi) is 2.55. The summed E-state index contributed by atoms with van der Waals surface area (Å²) in [5.74, 6) is 0. The number of rotatable bonds is 0. The van der Waals surface area contributed by atoms with Crippen LogP contribution in [0.2, 0.25) is 0 Å². The van der Waals surface area contributed by atoms with Crippen LogP contribution in [0.15, 0.2) is 12.3 Å². The van der Waals surface area contributed by atoms with Gasteiger partial charge in [-0.2, -0.15) is 0 Å². The highest BCUT2D eigenvalue weighted by molar-refractivity contribution is 7.17. The molecule has 0 aromatic heterocycles. The van der Waals surface area contributed by atoms with E-state index in [4.69, 9.17) is 0 Å². The summed E-state index contributed by atoms with van der Waals surface area (Å²) in [4.78, 5) is 0. The lowest BCUT2D eigenvalue weighted by Crippen LogP contribution is -1.11. The summed E-state index contributed by atoms with van der Waals surface area (Å²) < 4.78 is 0. The van der Waals surface area contributed by atoms with Gasteiger partial charge in [0.15, 0.2) is 0 Å². The molecule has 0 aliphatic rings. The smallest absolute Gasteiger partial charge is 0.0475 e. The molecule has 1 heteroatoms. The third-order valence-electron chi connectivity index (χ3n) is 0.0884. The van der Waals surface area contributed by atoms with Gasteiger partial charge in [0.1, 0.15) is 0 Å². The van der Waals surface area contributed by atoms with Crippen LogP contribution in [0.25, 0.3) is 0 Å². The van der Waals surface area contributed by atoms with Gasteiger partial charge in [0, 0.05) is 0 Å². The first-order chi connectivity index (χ1) is 1.91. The molecule has 0 fully saturated rings. The van der Waals surface area contributed by atoms with Crippen molar-refractivity contribution in [1.82, 2.24) is 0 Å². The molecule has 0 unspecified atom stereocenters. The summed E-state index contributed by atoms with van der Waals surface area (Å²) in [6, 6.07) is 0. The summed E-state index contributed by atoms with van der Waals surface area (Å²) in [7, 11) is 2.86. The first kappa shape index (κ1) is 3.73. The van der Waals surface area contributed by atoms with Crippen molar-refractivity contribution in [2.45, 2.75) is 0 Å². The molecule has 4 heavy (non-hydrogen) atoms. The molecule has 0 rings (SSSR count). The van der Waals surface area contributed by atoms with E-state index in [2.05, 4.69) is 26.6 Å². The van der Waals surface area contributed by atoms with Crippen molar-refractivity contribution in [3.63, 3.8) is 0 Å². The third-order valence-corrected chi connectivity index (χ3v) is 0.265. The number of hydrogen-bond acceptors (Lipinski definition) is 0. The molecule has 0 aromatic rings. The van der Waals surface area contributed by atoms with Gasteiger partial charge in [-0.1, -0.05) is 14.6 Å². The summed E-state index contributed by atoms with van der Waals surface area (Å²) in [6.45, 7) is 3.19. The van der Waals surface area contributed by atoms with Gasteiger partial charge in [0.05, 0.1) is 0 Å². The van der Waals surface area contributed by atoms with E-state index in [0.29, 0.717) is 0 Å². The van der Waals surface area contributed by atoms with Gasteiger partial charge in [0.2, 0.25) is 0 Å². The minimum Gasteiger partial charge on any atom is -0.0738 e. The largest absolute Gasteiger partial charge is 0.0738 e. The van der Waals surface area contributed by atoms with Crippen LogP contribution in [-0.4, -0.2) is 5.45 Å². The van der Waals surface area contributed by atoms with Crippen molar-refractivity contribution in [3.8, 4) is 0 Å². The molecule has 0 N–H and O–H groups in total. The fourth-order valence-corrected chi connectivity index (χ4v) is 0. The van der Waals surface area contributed by atoms with Gasteiger partial charge in [-0.15, -0.1) is 0 Å². The predicted octanol–water partition coefficient (Wildman–Crippen LogP) is 0.871. The fourth-order valence-electron chi connectivity index (χ4n) is 0. The molecule has 0 radical (unpaired) electrons. The van der Waals surface area contributed by atoms with Crippen LogP contribution < -0.4 is 0 Å². The second-order valence-electron chi connectivity index (χ2n) is 0.302. The fraction of sp³-hybridized carbons (Fsp3) is 0. The Morgan fingerprint density at radius 1 is 1.75 bits per heavy atom. The van der Waals surface area contributed by atoms with Crippen LogP contribution in [0, 0.1) is 0 Å². The van der Waals surface area contributed by atoms with Gasteiger partial charge >= 0.3 is 0 Å². The van der Waals surface area contributed by atoms with Gasteiger partial charge < -0.3 is 0 Å². The molecule has 0 spiro atoms. The summed E-state index contributed by atoms with van der Waals surface area (Å²) in [6.07, 6.45) is 0. The van der Waals surface area contributed by atoms with Crippen LogP contribution in [0.1, 0.15) is 0 Å². The normalized spacial score (nSPS) is 3.00. The van der Waals surface area contributed by atoms with Gasteiger partial charge in [0.25, 0.3) is 0 Å². The van der Waals surface area contributed by atoms with Crippen molar-refractivity contribution in [2.75, 3.05) is 0 Å². The van der Waals surface area contributed by atoms with Gasteiger partial charge in [-0.05, 0) is 12.0 Å². The van der Waals surface area contributed by atoms with Crippen LogP contribution in [0.4, 0.5) is 0 Å². The summed E-state index contributed by atoms with van der Waals surface area (Å²) in [5.41, 5.74) is 4.72. The molecule has 0 bridgehead atoms. The molecule has 0 atom stereocenters. The molecule has 0 heterocycles. The highest BCUT2D eigenvalue weighted by Gasteiger charge is 1.09. The van der Waals surface area contributed by atoms with Crippen LogP contribution in [0.3, 0.4) is 0 Å². The molecular weight excluding hydrogens is 67.0 g/mol. The van der Waals surface area contributed by atoms with Crippen LogP contribution in [0.5, 0.6) is 0 Å². The molecule has 0 nitrogen and oxygen atoms in total. The molecule has 0 amide bonds. The van der Waals surface area contributed by atoms with Crippen molar-refractivity contribution in [1.29, 1.82) is 0 Å². The van der Waals surface area contributed by atoms with Gasteiger partial charge in [-0.3, -0.25) is 0 Å². The zero-order valence-corrected chi connectivity index (χ0v) is 3.21. The third kappa shape index (κ3) is 1.73. The molecule has 0 aliphatic carbocycles. The van der Waals surface area contributed by atoms with Crippen LogP contribution in [-0.2, 0) is 0 Å². The predicted molar refractivity (Wildman–Crippen MR) is 22.5 cm³/mol. The quantitative estimate of drug-likeness (QED) is 0.293. The average Bonchev–Trinajstić information content (AvgIpc) is 1.37. The zero-order valence-electron chi connectivity index (χ0n) is 2.21. The van der Waals surface area contributed by atoms with E-state index in [9.17, 15) is 0 Å². The Labute approximate surface area is 27.7 Å². The second-order valence-corrected chi connectivity index (χ2v) is 0.552. The second kappa shape index (κ2) is 2.73. The van der Waals surface area contributed by atoms with Crippen molar-refractivity contribution < 1.29 is 0 Å². The average molecular weight is 70.0 g/mol. The maximum atomic E-state index is 3.19. The Morgan fingerprint density at radius 3 is 2.00 bits per heavy atom. The van der Waals surface area contributed by atoms with E-state index >= 15 is 0 Å². The Morgan fingerprint density at radius 2 is 2.00 bits per heavy atom. The minimum atomic E-state index is 2.34. The molecule has 0 aliphatic heterocycles. The molecule has 0 saturated heterocycles. The molecule has 0 saturated carbocycles. The first-order valence-electron chi connectivity index (χ1n) is 0.854. The molecule has 0 aromatic carbocycles.